The minimum absolute atomic E-state index is 0.572. The fourth-order valence-electron chi connectivity index (χ4n) is 0.357. The molecule has 0 bridgehead atoms. The van der Waals surface area contributed by atoms with E-state index in [1.165, 1.54) is 0 Å². The number of aliphatic imine (C=N–C) groups is 2. The predicted molar refractivity (Wildman–Crippen MR) is 42.4 cm³/mol. The van der Waals surface area contributed by atoms with Gasteiger partial charge in [0, 0.05) is 13.3 Å². The van der Waals surface area contributed by atoms with Crippen molar-refractivity contribution in [1.82, 2.24) is 0 Å². The van der Waals surface area contributed by atoms with Crippen LogP contribution in [0.2, 0.25) is 0 Å². The van der Waals surface area contributed by atoms with Gasteiger partial charge >= 0.3 is 0 Å². The SMILES string of the molecule is CCC(C)C=NC=NC. The molecule has 0 heterocycles. The standard InChI is InChI=1S/C7H14N2/c1-4-7(2)5-9-6-8-3/h5-7H,4H2,1-3H3. The van der Waals surface area contributed by atoms with Gasteiger partial charge in [0.25, 0.3) is 0 Å². The second-order valence-electron chi connectivity index (χ2n) is 2.06. The molecule has 0 aliphatic heterocycles. The zero-order chi connectivity index (χ0) is 7.11. The zero-order valence-corrected chi connectivity index (χ0v) is 6.33. The van der Waals surface area contributed by atoms with Crippen LogP contribution in [0.3, 0.4) is 0 Å². The summed E-state index contributed by atoms with van der Waals surface area (Å²) in [6, 6.07) is 0. The third kappa shape index (κ3) is 5.21. The molecule has 0 spiro atoms. The summed E-state index contributed by atoms with van der Waals surface area (Å²) in [5.41, 5.74) is 0. The van der Waals surface area contributed by atoms with E-state index >= 15 is 0 Å². The van der Waals surface area contributed by atoms with Crippen LogP contribution in [0.1, 0.15) is 20.3 Å². The molecule has 2 heteroatoms. The van der Waals surface area contributed by atoms with E-state index in [-0.39, 0.29) is 0 Å². The van der Waals surface area contributed by atoms with Crippen molar-refractivity contribution < 1.29 is 0 Å². The molecule has 0 fully saturated rings. The average Bonchev–Trinajstić information content (AvgIpc) is 1.89. The van der Waals surface area contributed by atoms with E-state index in [0.717, 1.165) is 6.42 Å². The first kappa shape index (κ1) is 8.34. The third-order valence-electron chi connectivity index (χ3n) is 1.17. The Morgan fingerprint density at radius 3 is 2.67 bits per heavy atom. The largest absolute Gasteiger partial charge is 0.277 e. The van der Waals surface area contributed by atoms with Crippen LogP contribution in [0.15, 0.2) is 9.98 Å². The Morgan fingerprint density at radius 1 is 1.56 bits per heavy atom. The van der Waals surface area contributed by atoms with Gasteiger partial charge in [-0.05, 0) is 12.3 Å². The highest BCUT2D eigenvalue weighted by Gasteiger charge is 1.88. The van der Waals surface area contributed by atoms with Crippen LogP contribution in [0, 0.1) is 5.92 Å². The highest BCUT2D eigenvalue weighted by molar-refractivity contribution is 5.73. The van der Waals surface area contributed by atoms with E-state index in [0.29, 0.717) is 5.92 Å². The molecule has 0 N–H and O–H groups in total. The molecule has 0 saturated heterocycles. The number of hydrogen-bond donors (Lipinski definition) is 0. The van der Waals surface area contributed by atoms with Gasteiger partial charge in [-0.15, -0.1) is 0 Å². The Morgan fingerprint density at radius 2 is 2.22 bits per heavy atom. The van der Waals surface area contributed by atoms with Crippen LogP contribution in [0.4, 0.5) is 0 Å². The zero-order valence-electron chi connectivity index (χ0n) is 6.33. The molecule has 9 heavy (non-hydrogen) atoms. The van der Waals surface area contributed by atoms with Gasteiger partial charge in [-0.3, -0.25) is 4.99 Å². The monoisotopic (exact) mass is 126 g/mol. The Labute approximate surface area is 56.7 Å². The summed E-state index contributed by atoms with van der Waals surface area (Å²) in [7, 11) is 1.72. The fraction of sp³-hybridized carbons (Fsp3) is 0.714. The smallest absolute Gasteiger partial charge is 0.109 e. The molecule has 0 aromatic carbocycles. The highest BCUT2D eigenvalue weighted by Crippen LogP contribution is 1.93. The van der Waals surface area contributed by atoms with Crippen LogP contribution in [-0.2, 0) is 0 Å². The van der Waals surface area contributed by atoms with E-state index in [1.807, 2.05) is 6.21 Å². The molecular formula is C7H14N2. The first-order valence-electron chi connectivity index (χ1n) is 3.25. The normalized spacial score (nSPS) is 15.4. The van der Waals surface area contributed by atoms with Gasteiger partial charge in [-0.25, -0.2) is 4.99 Å². The summed E-state index contributed by atoms with van der Waals surface area (Å²) in [5, 5.41) is 0. The van der Waals surface area contributed by atoms with Gasteiger partial charge < -0.3 is 0 Å². The second kappa shape index (κ2) is 5.48. The van der Waals surface area contributed by atoms with Gasteiger partial charge in [0.1, 0.15) is 6.34 Å². The molecule has 2 nitrogen and oxygen atoms in total. The Kier molecular flexibility index (Phi) is 5.07. The van der Waals surface area contributed by atoms with Crippen molar-refractivity contribution in [3.8, 4) is 0 Å². The molecule has 0 aliphatic carbocycles. The maximum absolute atomic E-state index is 3.94. The van der Waals surface area contributed by atoms with Crippen LogP contribution >= 0.6 is 0 Å². The lowest BCUT2D eigenvalue weighted by Crippen LogP contribution is -1.91. The Balaban J connectivity index is 3.43. The predicted octanol–water partition coefficient (Wildman–Crippen LogP) is 1.76. The lowest BCUT2D eigenvalue weighted by molar-refractivity contribution is 0.755. The van der Waals surface area contributed by atoms with Gasteiger partial charge in [0.15, 0.2) is 0 Å². The first-order chi connectivity index (χ1) is 4.31. The van der Waals surface area contributed by atoms with Gasteiger partial charge in [-0.1, -0.05) is 13.8 Å². The van der Waals surface area contributed by atoms with Crippen molar-refractivity contribution in [2.75, 3.05) is 7.05 Å². The molecule has 1 unspecified atom stereocenters. The Bertz CT molecular complexity index is 105. The van der Waals surface area contributed by atoms with Crippen molar-refractivity contribution in [2.45, 2.75) is 20.3 Å². The summed E-state index contributed by atoms with van der Waals surface area (Å²) < 4.78 is 0. The number of rotatable bonds is 3. The minimum atomic E-state index is 0.572. The van der Waals surface area contributed by atoms with E-state index < -0.39 is 0 Å². The molecule has 0 rings (SSSR count). The number of nitrogens with zero attached hydrogens (tertiary/aromatic N) is 2. The van der Waals surface area contributed by atoms with Crippen molar-refractivity contribution in [2.24, 2.45) is 15.9 Å². The maximum Gasteiger partial charge on any atom is 0.109 e. The molecule has 1 atom stereocenters. The van der Waals surface area contributed by atoms with E-state index in [9.17, 15) is 0 Å². The first-order valence-corrected chi connectivity index (χ1v) is 3.25. The lowest BCUT2D eigenvalue weighted by Gasteiger charge is -1.94. The van der Waals surface area contributed by atoms with Gasteiger partial charge in [0.05, 0.1) is 0 Å². The lowest BCUT2D eigenvalue weighted by atomic mass is 10.1. The molecule has 0 amide bonds. The van der Waals surface area contributed by atoms with E-state index in [1.54, 1.807) is 13.4 Å². The molecule has 0 aliphatic rings. The fourth-order valence-corrected chi connectivity index (χ4v) is 0.357. The summed E-state index contributed by atoms with van der Waals surface area (Å²) in [6.45, 7) is 4.27. The van der Waals surface area contributed by atoms with Crippen LogP contribution in [0.5, 0.6) is 0 Å². The van der Waals surface area contributed by atoms with Crippen LogP contribution < -0.4 is 0 Å². The summed E-state index contributed by atoms with van der Waals surface area (Å²) in [5.74, 6) is 0.572. The van der Waals surface area contributed by atoms with Crippen molar-refractivity contribution >= 4 is 12.6 Å². The molecular weight excluding hydrogens is 112 g/mol. The third-order valence-corrected chi connectivity index (χ3v) is 1.17. The molecule has 52 valence electrons. The molecule has 0 saturated carbocycles. The molecule has 0 aromatic rings. The van der Waals surface area contributed by atoms with Crippen molar-refractivity contribution in [3.05, 3.63) is 0 Å². The van der Waals surface area contributed by atoms with Crippen LogP contribution in [0.25, 0.3) is 0 Å². The molecule has 0 aromatic heterocycles. The summed E-state index contributed by atoms with van der Waals surface area (Å²) in [6.07, 6.45) is 4.61. The minimum Gasteiger partial charge on any atom is -0.277 e. The maximum atomic E-state index is 3.94. The van der Waals surface area contributed by atoms with Gasteiger partial charge in [-0.2, -0.15) is 0 Å². The summed E-state index contributed by atoms with van der Waals surface area (Å²) >= 11 is 0. The number of hydrogen-bond acceptors (Lipinski definition) is 1. The van der Waals surface area contributed by atoms with Crippen LogP contribution in [-0.4, -0.2) is 19.6 Å². The van der Waals surface area contributed by atoms with Crippen molar-refractivity contribution in [1.29, 1.82) is 0 Å². The topological polar surface area (TPSA) is 24.7 Å². The summed E-state index contributed by atoms with van der Waals surface area (Å²) in [4.78, 5) is 7.66. The second-order valence-corrected chi connectivity index (χ2v) is 2.06. The average molecular weight is 126 g/mol. The van der Waals surface area contributed by atoms with Crippen molar-refractivity contribution in [3.63, 3.8) is 0 Å². The molecule has 0 radical (unpaired) electrons. The van der Waals surface area contributed by atoms with Gasteiger partial charge in [0.2, 0.25) is 0 Å². The van der Waals surface area contributed by atoms with E-state index in [4.69, 9.17) is 0 Å². The highest BCUT2D eigenvalue weighted by atomic mass is 14.8. The van der Waals surface area contributed by atoms with E-state index in [2.05, 4.69) is 23.8 Å². The Hall–Kier alpha value is -0.660. The quantitative estimate of drug-likeness (QED) is 0.406.